The molecule has 0 fully saturated rings. The fourth-order valence-corrected chi connectivity index (χ4v) is 2.73. The summed E-state index contributed by atoms with van der Waals surface area (Å²) in [7, 11) is 0. The van der Waals surface area contributed by atoms with Crippen LogP contribution in [0.5, 0.6) is 0 Å². The standard InChI is InChI=1S/C20H24N2O2/c1-4-14(2)19(16-9-6-5-7-10-16)20(24)22-18-12-8-11-17(13-18)21-15(3)23/h5-14,19H,4H2,1-3H3,(H,21,23)(H,22,24)/t14-,19-/m1/s1. The van der Waals surface area contributed by atoms with Crippen LogP contribution in [0.4, 0.5) is 11.4 Å². The number of amides is 2. The van der Waals surface area contributed by atoms with Crippen molar-refractivity contribution in [2.75, 3.05) is 10.6 Å². The minimum atomic E-state index is -0.208. The van der Waals surface area contributed by atoms with Crippen molar-refractivity contribution in [2.24, 2.45) is 5.92 Å². The number of hydrogen-bond donors (Lipinski definition) is 2. The number of carbonyl (C=O) groups excluding carboxylic acids is 2. The van der Waals surface area contributed by atoms with Gasteiger partial charge in [0.1, 0.15) is 0 Å². The van der Waals surface area contributed by atoms with E-state index in [0.29, 0.717) is 11.4 Å². The second-order valence-electron chi connectivity index (χ2n) is 6.03. The molecule has 0 spiro atoms. The average molecular weight is 324 g/mol. The minimum absolute atomic E-state index is 0.0319. The minimum Gasteiger partial charge on any atom is -0.326 e. The van der Waals surface area contributed by atoms with Gasteiger partial charge in [-0.15, -0.1) is 0 Å². The topological polar surface area (TPSA) is 58.2 Å². The lowest BCUT2D eigenvalue weighted by Gasteiger charge is -2.23. The van der Waals surface area contributed by atoms with Crippen molar-refractivity contribution in [1.82, 2.24) is 0 Å². The molecule has 0 unspecified atom stereocenters. The molecule has 24 heavy (non-hydrogen) atoms. The monoisotopic (exact) mass is 324 g/mol. The Morgan fingerprint density at radius 1 is 0.958 bits per heavy atom. The van der Waals surface area contributed by atoms with Crippen LogP contribution < -0.4 is 10.6 Å². The van der Waals surface area contributed by atoms with E-state index in [9.17, 15) is 9.59 Å². The second kappa shape index (κ2) is 8.29. The Balaban J connectivity index is 2.20. The third-order valence-electron chi connectivity index (χ3n) is 4.10. The molecule has 2 atom stereocenters. The molecule has 2 amide bonds. The van der Waals surface area contributed by atoms with Crippen LogP contribution >= 0.6 is 0 Å². The first-order valence-electron chi connectivity index (χ1n) is 8.24. The van der Waals surface area contributed by atoms with Crippen LogP contribution in [0.1, 0.15) is 38.7 Å². The Hall–Kier alpha value is -2.62. The fraction of sp³-hybridized carbons (Fsp3) is 0.300. The van der Waals surface area contributed by atoms with Gasteiger partial charge in [-0.3, -0.25) is 9.59 Å². The molecule has 2 rings (SSSR count). The van der Waals surface area contributed by atoms with E-state index >= 15 is 0 Å². The largest absolute Gasteiger partial charge is 0.326 e. The summed E-state index contributed by atoms with van der Waals surface area (Å²) in [6, 6.07) is 17.0. The lowest BCUT2D eigenvalue weighted by atomic mass is 9.85. The normalized spacial score (nSPS) is 13.0. The van der Waals surface area contributed by atoms with Crippen LogP contribution in [-0.4, -0.2) is 11.8 Å². The van der Waals surface area contributed by atoms with Gasteiger partial charge in [-0.2, -0.15) is 0 Å². The van der Waals surface area contributed by atoms with Crippen molar-refractivity contribution in [3.63, 3.8) is 0 Å². The van der Waals surface area contributed by atoms with E-state index in [0.717, 1.165) is 12.0 Å². The lowest BCUT2D eigenvalue weighted by molar-refractivity contribution is -0.118. The highest BCUT2D eigenvalue weighted by Crippen LogP contribution is 2.28. The molecule has 0 aromatic heterocycles. The molecule has 126 valence electrons. The van der Waals surface area contributed by atoms with Gasteiger partial charge in [-0.05, 0) is 29.7 Å². The number of benzene rings is 2. The number of rotatable bonds is 6. The van der Waals surface area contributed by atoms with E-state index in [1.165, 1.54) is 6.92 Å². The third-order valence-corrected chi connectivity index (χ3v) is 4.10. The van der Waals surface area contributed by atoms with Crippen LogP contribution in [-0.2, 0) is 9.59 Å². The zero-order chi connectivity index (χ0) is 17.5. The smallest absolute Gasteiger partial charge is 0.232 e. The molecule has 0 radical (unpaired) electrons. The molecule has 2 aromatic rings. The maximum Gasteiger partial charge on any atom is 0.232 e. The first kappa shape index (κ1) is 17.7. The Morgan fingerprint density at radius 3 is 2.17 bits per heavy atom. The van der Waals surface area contributed by atoms with Crippen LogP contribution in [0, 0.1) is 5.92 Å². The van der Waals surface area contributed by atoms with Gasteiger partial charge in [-0.25, -0.2) is 0 Å². The first-order valence-corrected chi connectivity index (χ1v) is 8.24. The second-order valence-corrected chi connectivity index (χ2v) is 6.03. The molecule has 2 aromatic carbocycles. The summed E-state index contributed by atoms with van der Waals surface area (Å²) in [6.45, 7) is 5.63. The van der Waals surface area contributed by atoms with Crippen LogP contribution in [0.15, 0.2) is 54.6 Å². The van der Waals surface area contributed by atoms with E-state index in [4.69, 9.17) is 0 Å². The number of nitrogens with one attached hydrogen (secondary N) is 2. The Labute approximate surface area is 143 Å². The summed E-state index contributed by atoms with van der Waals surface area (Å²) in [6.07, 6.45) is 0.916. The molecule has 0 aliphatic rings. The summed E-state index contributed by atoms with van der Waals surface area (Å²) in [5.41, 5.74) is 2.36. The Morgan fingerprint density at radius 2 is 1.58 bits per heavy atom. The van der Waals surface area contributed by atoms with Crippen molar-refractivity contribution < 1.29 is 9.59 Å². The van der Waals surface area contributed by atoms with Gasteiger partial charge in [0.25, 0.3) is 0 Å². The molecule has 0 saturated carbocycles. The summed E-state index contributed by atoms with van der Waals surface area (Å²) >= 11 is 0. The van der Waals surface area contributed by atoms with Crippen LogP contribution in [0.25, 0.3) is 0 Å². The highest BCUT2D eigenvalue weighted by atomic mass is 16.2. The quantitative estimate of drug-likeness (QED) is 0.826. The van der Waals surface area contributed by atoms with Gasteiger partial charge in [0.15, 0.2) is 0 Å². The zero-order valence-electron chi connectivity index (χ0n) is 14.4. The lowest BCUT2D eigenvalue weighted by Crippen LogP contribution is -2.26. The van der Waals surface area contributed by atoms with Gasteiger partial charge in [0.05, 0.1) is 5.92 Å². The van der Waals surface area contributed by atoms with E-state index in [-0.39, 0.29) is 23.7 Å². The summed E-state index contributed by atoms with van der Waals surface area (Å²) < 4.78 is 0. The maximum atomic E-state index is 12.8. The molecule has 0 bridgehead atoms. The van der Waals surface area contributed by atoms with E-state index < -0.39 is 0 Å². The molecule has 0 aliphatic carbocycles. The molecule has 0 aliphatic heterocycles. The van der Waals surface area contributed by atoms with Crippen LogP contribution in [0.3, 0.4) is 0 Å². The summed E-state index contributed by atoms with van der Waals surface area (Å²) in [5.74, 6) is -0.151. The van der Waals surface area contributed by atoms with Gasteiger partial charge in [-0.1, -0.05) is 56.7 Å². The van der Waals surface area contributed by atoms with Crippen LogP contribution in [0.2, 0.25) is 0 Å². The number of carbonyl (C=O) groups is 2. The van der Waals surface area contributed by atoms with E-state index in [2.05, 4.69) is 24.5 Å². The average Bonchev–Trinajstić information content (AvgIpc) is 2.55. The van der Waals surface area contributed by atoms with E-state index in [1.54, 1.807) is 12.1 Å². The third kappa shape index (κ3) is 4.69. The zero-order valence-corrected chi connectivity index (χ0v) is 14.4. The molecule has 2 N–H and O–H groups in total. The molecule has 0 heterocycles. The molecular weight excluding hydrogens is 300 g/mol. The van der Waals surface area contributed by atoms with Gasteiger partial charge in [0, 0.05) is 18.3 Å². The fourth-order valence-electron chi connectivity index (χ4n) is 2.73. The molecule has 0 saturated heterocycles. The maximum absolute atomic E-state index is 12.8. The number of anilines is 2. The van der Waals surface area contributed by atoms with Gasteiger partial charge < -0.3 is 10.6 Å². The van der Waals surface area contributed by atoms with Gasteiger partial charge >= 0.3 is 0 Å². The summed E-state index contributed by atoms with van der Waals surface area (Å²) in [4.78, 5) is 24.0. The molecule has 4 nitrogen and oxygen atoms in total. The highest BCUT2D eigenvalue weighted by molar-refractivity contribution is 5.97. The number of hydrogen-bond acceptors (Lipinski definition) is 2. The Kier molecular flexibility index (Phi) is 6.13. The van der Waals surface area contributed by atoms with Crippen molar-refractivity contribution in [3.05, 3.63) is 60.2 Å². The highest BCUT2D eigenvalue weighted by Gasteiger charge is 2.25. The molecular formula is C20H24N2O2. The van der Waals surface area contributed by atoms with Gasteiger partial charge in [0.2, 0.25) is 11.8 Å². The van der Waals surface area contributed by atoms with E-state index in [1.807, 2.05) is 42.5 Å². The predicted octanol–water partition coefficient (Wildman–Crippen LogP) is 4.41. The SMILES string of the molecule is CC[C@@H](C)[C@@H](C(=O)Nc1cccc(NC(C)=O)c1)c1ccccc1. The Bertz CT molecular complexity index is 698. The van der Waals surface area contributed by atoms with Crippen molar-refractivity contribution >= 4 is 23.2 Å². The summed E-state index contributed by atoms with van der Waals surface area (Å²) in [5, 5.41) is 5.70. The van der Waals surface area contributed by atoms with Crippen molar-refractivity contribution in [3.8, 4) is 0 Å². The van der Waals surface area contributed by atoms with Crippen molar-refractivity contribution in [1.29, 1.82) is 0 Å². The first-order chi connectivity index (χ1) is 11.5. The molecule has 4 heteroatoms. The predicted molar refractivity (Wildman–Crippen MR) is 98.0 cm³/mol. The van der Waals surface area contributed by atoms with Crippen molar-refractivity contribution in [2.45, 2.75) is 33.1 Å².